The molecule has 0 saturated carbocycles. The van der Waals surface area contributed by atoms with Crippen LogP contribution in [0.25, 0.3) is 0 Å². The molecule has 2 aliphatic rings. The van der Waals surface area contributed by atoms with E-state index in [2.05, 4.69) is 16.1 Å². The van der Waals surface area contributed by atoms with E-state index in [0.29, 0.717) is 0 Å². The Balaban J connectivity index is 2.16. The molecule has 15 heavy (non-hydrogen) atoms. The van der Waals surface area contributed by atoms with Crippen LogP contribution >= 0.6 is 11.8 Å². The molecule has 0 aromatic heterocycles. The predicted octanol–water partition coefficient (Wildman–Crippen LogP) is 2.64. The van der Waals surface area contributed by atoms with Crippen LogP contribution in [0.1, 0.15) is 0 Å². The fraction of sp³-hybridized carbons (Fsp3) is 0.0909. The normalized spacial score (nSPS) is 17.8. The minimum Gasteiger partial charge on any atom is -0.332 e. The standard InChI is InChI=1S/C11H9N3S/c1-14-7-6-12-11-10(14)13-8-4-2-3-5-9(8)15-11/h2-7H,1H3. The molecule has 1 aromatic rings. The highest BCUT2D eigenvalue weighted by atomic mass is 32.2. The molecule has 0 radical (unpaired) electrons. The lowest BCUT2D eigenvalue weighted by Crippen LogP contribution is -2.30. The van der Waals surface area contributed by atoms with Crippen molar-refractivity contribution in [1.29, 1.82) is 0 Å². The molecule has 74 valence electrons. The number of para-hydroxylation sites is 1. The largest absolute Gasteiger partial charge is 0.332 e. The zero-order valence-electron chi connectivity index (χ0n) is 8.21. The van der Waals surface area contributed by atoms with Gasteiger partial charge in [0.25, 0.3) is 0 Å². The van der Waals surface area contributed by atoms with E-state index in [-0.39, 0.29) is 0 Å². The lowest BCUT2D eigenvalue weighted by molar-refractivity contribution is 0.691. The highest BCUT2D eigenvalue weighted by Gasteiger charge is 2.22. The van der Waals surface area contributed by atoms with Gasteiger partial charge in [-0.05, 0) is 12.1 Å². The van der Waals surface area contributed by atoms with E-state index in [4.69, 9.17) is 0 Å². The molecule has 0 saturated heterocycles. The number of fused-ring (bicyclic) bond motifs is 2. The molecule has 4 heteroatoms. The van der Waals surface area contributed by atoms with Crippen LogP contribution in [0.4, 0.5) is 5.69 Å². The van der Waals surface area contributed by atoms with Crippen molar-refractivity contribution >= 4 is 28.3 Å². The van der Waals surface area contributed by atoms with Gasteiger partial charge in [-0.15, -0.1) is 0 Å². The van der Waals surface area contributed by atoms with E-state index in [1.54, 1.807) is 18.0 Å². The molecule has 1 aromatic carbocycles. The molecule has 0 atom stereocenters. The summed E-state index contributed by atoms with van der Waals surface area (Å²) in [5, 5.41) is 0.971. The van der Waals surface area contributed by atoms with Crippen molar-refractivity contribution in [1.82, 2.24) is 4.90 Å². The maximum absolute atomic E-state index is 4.59. The highest BCUT2D eigenvalue weighted by molar-refractivity contribution is 8.16. The number of hydrogen-bond acceptors (Lipinski definition) is 4. The average molecular weight is 215 g/mol. The number of rotatable bonds is 0. The van der Waals surface area contributed by atoms with Crippen LogP contribution in [0.2, 0.25) is 0 Å². The summed E-state index contributed by atoms with van der Waals surface area (Å²) in [4.78, 5) is 12.1. The Kier molecular flexibility index (Phi) is 1.89. The summed E-state index contributed by atoms with van der Waals surface area (Å²) in [7, 11) is 1.98. The van der Waals surface area contributed by atoms with Crippen molar-refractivity contribution in [2.75, 3.05) is 7.05 Å². The fourth-order valence-corrected chi connectivity index (χ4v) is 2.50. The van der Waals surface area contributed by atoms with Crippen LogP contribution in [0.3, 0.4) is 0 Å². The second-order valence-corrected chi connectivity index (χ2v) is 4.38. The smallest absolute Gasteiger partial charge is 0.166 e. The monoisotopic (exact) mass is 215 g/mol. The van der Waals surface area contributed by atoms with Gasteiger partial charge in [0.2, 0.25) is 0 Å². The number of hydrogen-bond donors (Lipinski definition) is 0. The summed E-state index contributed by atoms with van der Waals surface area (Å²) < 4.78 is 0. The third-order valence-electron chi connectivity index (χ3n) is 2.31. The first-order chi connectivity index (χ1) is 7.34. The predicted molar refractivity (Wildman–Crippen MR) is 63.7 cm³/mol. The molecule has 0 amide bonds. The van der Waals surface area contributed by atoms with E-state index in [0.717, 1.165) is 16.6 Å². The Morgan fingerprint density at radius 2 is 2.13 bits per heavy atom. The molecule has 3 nitrogen and oxygen atoms in total. The summed E-state index contributed by atoms with van der Waals surface area (Å²) in [6.45, 7) is 0. The molecular weight excluding hydrogens is 206 g/mol. The van der Waals surface area contributed by atoms with Crippen molar-refractivity contribution in [3.05, 3.63) is 36.7 Å². The minimum absolute atomic E-state index is 0.932. The molecule has 0 bridgehead atoms. The van der Waals surface area contributed by atoms with Gasteiger partial charge < -0.3 is 4.90 Å². The van der Waals surface area contributed by atoms with Gasteiger partial charge in [-0.25, -0.2) is 9.98 Å². The van der Waals surface area contributed by atoms with E-state index in [9.17, 15) is 0 Å². The number of nitrogens with zero attached hydrogens (tertiary/aromatic N) is 3. The van der Waals surface area contributed by atoms with Crippen LogP contribution in [-0.2, 0) is 0 Å². The molecule has 0 N–H and O–H groups in total. The molecule has 0 unspecified atom stereocenters. The van der Waals surface area contributed by atoms with Crippen LogP contribution < -0.4 is 0 Å². The fourth-order valence-electron chi connectivity index (χ4n) is 1.53. The Bertz CT molecular complexity index is 502. The second kappa shape index (κ2) is 3.24. The van der Waals surface area contributed by atoms with Gasteiger partial charge in [0.1, 0.15) is 5.04 Å². The van der Waals surface area contributed by atoms with Gasteiger partial charge in [0, 0.05) is 24.3 Å². The first kappa shape index (κ1) is 8.73. The maximum Gasteiger partial charge on any atom is 0.166 e. The summed E-state index contributed by atoms with van der Waals surface area (Å²) in [6.07, 6.45) is 3.71. The van der Waals surface area contributed by atoms with Gasteiger partial charge in [0.05, 0.1) is 5.69 Å². The van der Waals surface area contributed by atoms with E-state index in [1.165, 1.54) is 4.90 Å². The van der Waals surface area contributed by atoms with E-state index < -0.39 is 0 Å². The lowest BCUT2D eigenvalue weighted by atomic mass is 10.3. The summed E-state index contributed by atoms with van der Waals surface area (Å²) in [6, 6.07) is 8.12. The van der Waals surface area contributed by atoms with Crippen LogP contribution in [0.15, 0.2) is 51.5 Å². The Morgan fingerprint density at radius 3 is 3.07 bits per heavy atom. The highest BCUT2D eigenvalue weighted by Crippen LogP contribution is 2.36. The maximum atomic E-state index is 4.59. The zero-order chi connectivity index (χ0) is 10.3. The third-order valence-corrected chi connectivity index (χ3v) is 3.35. The number of thioether (sulfide) groups is 1. The SMILES string of the molecule is CN1C=CN=C2Sc3ccccc3N=C21. The van der Waals surface area contributed by atoms with E-state index >= 15 is 0 Å². The summed E-state index contributed by atoms with van der Waals surface area (Å²) >= 11 is 1.67. The van der Waals surface area contributed by atoms with Crippen LogP contribution in [0.5, 0.6) is 0 Å². The number of aliphatic imine (C=N–C) groups is 2. The second-order valence-electron chi connectivity index (χ2n) is 3.35. The van der Waals surface area contributed by atoms with Gasteiger partial charge in [-0.3, -0.25) is 0 Å². The first-order valence-electron chi connectivity index (χ1n) is 4.68. The van der Waals surface area contributed by atoms with Crippen LogP contribution in [-0.4, -0.2) is 22.8 Å². The Labute approximate surface area is 92.2 Å². The summed E-state index contributed by atoms with van der Waals surface area (Å²) in [5.41, 5.74) is 1.03. The van der Waals surface area contributed by atoms with Gasteiger partial charge in [-0.1, -0.05) is 23.9 Å². The summed E-state index contributed by atoms with van der Waals surface area (Å²) in [5.74, 6) is 0.932. The van der Waals surface area contributed by atoms with Crippen LogP contribution in [0, 0.1) is 0 Å². The Hall–Kier alpha value is -1.55. The minimum atomic E-state index is 0.932. The molecule has 2 heterocycles. The van der Waals surface area contributed by atoms with Crippen molar-refractivity contribution in [2.45, 2.75) is 4.90 Å². The molecule has 0 aliphatic carbocycles. The molecule has 0 spiro atoms. The third kappa shape index (κ3) is 1.37. The zero-order valence-corrected chi connectivity index (χ0v) is 9.03. The quantitative estimate of drug-likeness (QED) is 0.665. The van der Waals surface area contributed by atoms with Gasteiger partial charge in [-0.2, -0.15) is 0 Å². The molecule has 3 rings (SSSR count). The molecule has 2 aliphatic heterocycles. The van der Waals surface area contributed by atoms with Crippen molar-refractivity contribution in [3.63, 3.8) is 0 Å². The van der Waals surface area contributed by atoms with Gasteiger partial charge in [0.15, 0.2) is 5.84 Å². The van der Waals surface area contributed by atoms with E-state index in [1.807, 2.05) is 36.3 Å². The average Bonchev–Trinajstić information content (AvgIpc) is 2.27. The topological polar surface area (TPSA) is 28.0 Å². The van der Waals surface area contributed by atoms with Gasteiger partial charge >= 0.3 is 0 Å². The first-order valence-corrected chi connectivity index (χ1v) is 5.49. The Morgan fingerprint density at radius 1 is 1.27 bits per heavy atom. The van der Waals surface area contributed by atoms with Crippen molar-refractivity contribution in [2.24, 2.45) is 9.98 Å². The number of benzene rings is 1. The lowest BCUT2D eigenvalue weighted by Gasteiger charge is -2.24. The molecule has 0 fully saturated rings. The van der Waals surface area contributed by atoms with Crippen molar-refractivity contribution < 1.29 is 0 Å². The molecular formula is C11H9N3S. The number of amidine groups is 1. The van der Waals surface area contributed by atoms with Crippen molar-refractivity contribution in [3.8, 4) is 0 Å².